The van der Waals surface area contributed by atoms with Gasteiger partial charge in [-0.25, -0.2) is 9.59 Å². The number of benzene rings is 1. The van der Waals surface area contributed by atoms with Crippen LogP contribution in [0.15, 0.2) is 29.5 Å². The van der Waals surface area contributed by atoms with E-state index in [0.717, 1.165) is 38.5 Å². The van der Waals surface area contributed by atoms with E-state index in [1.54, 1.807) is 21.0 Å². The first kappa shape index (κ1) is 22.1. The molecular formula is C22H32N4O4. The second-order valence-electron chi connectivity index (χ2n) is 7.80. The maximum atomic E-state index is 12.4. The molecular weight excluding hydrogens is 384 g/mol. The van der Waals surface area contributed by atoms with Gasteiger partial charge in [0.1, 0.15) is 5.75 Å². The number of ether oxygens (including phenoxy) is 2. The molecule has 2 aliphatic heterocycles. The average Bonchev–Trinajstić information content (AvgIpc) is 2.69. The number of nitrogens with zero attached hydrogens (tertiary/aromatic N) is 2. The highest BCUT2D eigenvalue weighted by molar-refractivity contribution is 5.94. The SMILES string of the molecule is CCOC(=O)C1=C(CN2CCN(Cc3cc(C)ccc3OC)CC2)NC(=O)NC1C. The second-order valence-corrected chi connectivity index (χ2v) is 7.80. The van der Waals surface area contributed by atoms with Crippen molar-refractivity contribution in [3.8, 4) is 5.75 Å². The lowest BCUT2D eigenvalue weighted by molar-refractivity contribution is -0.139. The molecule has 3 rings (SSSR count). The zero-order valence-electron chi connectivity index (χ0n) is 18.3. The smallest absolute Gasteiger partial charge is 0.337 e. The van der Waals surface area contributed by atoms with Gasteiger partial charge < -0.3 is 20.1 Å². The summed E-state index contributed by atoms with van der Waals surface area (Å²) in [6, 6.07) is 5.60. The summed E-state index contributed by atoms with van der Waals surface area (Å²) >= 11 is 0. The van der Waals surface area contributed by atoms with Gasteiger partial charge in [-0.1, -0.05) is 17.7 Å². The van der Waals surface area contributed by atoms with E-state index >= 15 is 0 Å². The summed E-state index contributed by atoms with van der Waals surface area (Å²) in [5.74, 6) is 0.538. The van der Waals surface area contributed by atoms with Gasteiger partial charge in [-0.3, -0.25) is 9.80 Å². The summed E-state index contributed by atoms with van der Waals surface area (Å²) in [4.78, 5) is 29.0. The molecule has 2 N–H and O–H groups in total. The van der Waals surface area contributed by atoms with Crippen LogP contribution in [0.1, 0.15) is 25.0 Å². The van der Waals surface area contributed by atoms with Crippen molar-refractivity contribution in [1.82, 2.24) is 20.4 Å². The van der Waals surface area contributed by atoms with Crippen molar-refractivity contribution in [2.75, 3.05) is 46.4 Å². The number of urea groups is 1. The number of aryl methyl sites for hydroxylation is 1. The van der Waals surface area contributed by atoms with Gasteiger partial charge in [-0.2, -0.15) is 0 Å². The topological polar surface area (TPSA) is 83.1 Å². The van der Waals surface area contributed by atoms with Gasteiger partial charge in [0.05, 0.1) is 25.3 Å². The molecule has 0 spiro atoms. The Hall–Kier alpha value is -2.58. The zero-order valence-corrected chi connectivity index (χ0v) is 18.3. The summed E-state index contributed by atoms with van der Waals surface area (Å²) < 4.78 is 10.7. The molecule has 1 fully saturated rings. The highest BCUT2D eigenvalue weighted by atomic mass is 16.5. The lowest BCUT2D eigenvalue weighted by atomic mass is 10.0. The monoisotopic (exact) mass is 416 g/mol. The van der Waals surface area contributed by atoms with E-state index in [0.29, 0.717) is 24.4 Å². The third-order valence-corrected chi connectivity index (χ3v) is 5.54. The van der Waals surface area contributed by atoms with E-state index in [2.05, 4.69) is 39.5 Å². The van der Waals surface area contributed by atoms with Crippen LogP contribution < -0.4 is 15.4 Å². The number of hydrogen-bond donors (Lipinski definition) is 2. The fraction of sp³-hybridized carbons (Fsp3) is 0.545. The number of methoxy groups -OCH3 is 1. The molecule has 0 radical (unpaired) electrons. The Morgan fingerprint density at radius 2 is 1.83 bits per heavy atom. The van der Waals surface area contributed by atoms with Crippen molar-refractivity contribution in [2.45, 2.75) is 33.4 Å². The third-order valence-electron chi connectivity index (χ3n) is 5.54. The first-order valence-electron chi connectivity index (χ1n) is 10.5. The van der Waals surface area contributed by atoms with Crippen molar-refractivity contribution in [3.05, 3.63) is 40.6 Å². The molecule has 1 unspecified atom stereocenters. The predicted octanol–water partition coefficient (Wildman–Crippen LogP) is 1.64. The van der Waals surface area contributed by atoms with E-state index < -0.39 is 0 Å². The number of esters is 1. The number of carbonyl (C=O) groups is 2. The molecule has 0 aromatic heterocycles. The highest BCUT2D eigenvalue weighted by Gasteiger charge is 2.31. The van der Waals surface area contributed by atoms with Gasteiger partial charge in [0.15, 0.2) is 0 Å². The molecule has 1 aromatic rings. The minimum absolute atomic E-state index is 0.282. The Morgan fingerprint density at radius 3 is 2.47 bits per heavy atom. The lowest BCUT2D eigenvalue weighted by Crippen LogP contribution is -2.53. The van der Waals surface area contributed by atoms with Crippen LogP contribution >= 0.6 is 0 Å². The Bertz CT molecular complexity index is 815. The molecule has 30 heavy (non-hydrogen) atoms. The van der Waals surface area contributed by atoms with Crippen molar-refractivity contribution in [3.63, 3.8) is 0 Å². The molecule has 0 bridgehead atoms. The first-order chi connectivity index (χ1) is 14.4. The van der Waals surface area contributed by atoms with Gasteiger partial charge in [0, 0.05) is 50.5 Å². The van der Waals surface area contributed by atoms with Crippen molar-refractivity contribution in [2.24, 2.45) is 0 Å². The molecule has 2 aliphatic rings. The second kappa shape index (κ2) is 9.95. The van der Waals surface area contributed by atoms with Crippen molar-refractivity contribution >= 4 is 12.0 Å². The molecule has 8 heteroatoms. The number of carbonyl (C=O) groups excluding carboxylic acids is 2. The summed E-state index contributed by atoms with van der Waals surface area (Å²) in [5.41, 5.74) is 3.55. The Balaban J connectivity index is 1.63. The van der Waals surface area contributed by atoms with Crippen LogP contribution in [0.5, 0.6) is 5.75 Å². The lowest BCUT2D eigenvalue weighted by Gasteiger charge is -2.36. The minimum Gasteiger partial charge on any atom is -0.496 e. The van der Waals surface area contributed by atoms with Crippen LogP contribution in [0, 0.1) is 6.92 Å². The van der Waals surface area contributed by atoms with Crippen LogP contribution in [0.25, 0.3) is 0 Å². The van der Waals surface area contributed by atoms with Gasteiger partial charge in [0.2, 0.25) is 0 Å². The van der Waals surface area contributed by atoms with Crippen LogP contribution in [0.3, 0.4) is 0 Å². The highest BCUT2D eigenvalue weighted by Crippen LogP contribution is 2.22. The predicted molar refractivity (Wildman–Crippen MR) is 114 cm³/mol. The number of rotatable bonds is 7. The van der Waals surface area contributed by atoms with Gasteiger partial charge in [0.25, 0.3) is 0 Å². The minimum atomic E-state index is -0.377. The Labute approximate surface area is 178 Å². The van der Waals surface area contributed by atoms with E-state index in [1.165, 1.54) is 11.1 Å². The van der Waals surface area contributed by atoms with Gasteiger partial charge in [-0.15, -0.1) is 0 Å². The number of amides is 2. The van der Waals surface area contributed by atoms with Crippen LogP contribution in [0.4, 0.5) is 4.79 Å². The molecule has 0 aliphatic carbocycles. The average molecular weight is 417 g/mol. The number of hydrogen-bond acceptors (Lipinski definition) is 6. The molecule has 0 saturated carbocycles. The Morgan fingerprint density at radius 1 is 1.17 bits per heavy atom. The largest absolute Gasteiger partial charge is 0.496 e. The molecule has 2 amide bonds. The molecule has 2 heterocycles. The quantitative estimate of drug-likeness (QED) is 0.658. The number of nitrogens with one attached hydrogen (secondary N) is 2. The first-order valence-corrected chi connectivity index (χ1v) is 10.5. The zero-order chi connectivity index (χ0) is 21.7. The fourth-order valence-electron chi connectivity index (χ4n) is 4.01. The molecule has 1 aromatic carbocycles. The van der Waals surface area contributed by atoms with E-state index in [-0.39, 0.29) is 18.0 Å². The third kappa shape index (κ3) is 5.31. The van der Waals surface area contributed by atoms with E-state index in [1.807, 2.05) is 6.07 Å². The van der Waals surface area contributed by atoms with Crippen molar-refractivity contribution in [1.29, 1.82) is 0 Å². The Kier molecular flexibility index (Phi) is 7.33. The fourth-order valence-corrected chi connectivity index (χ4v) is 4.01. The van der Waals surface area contributed by atoms with Crippen molar-refractivity contribution < 1.29 is 19.1 Å². The number of piperazine rings is 1. The molecule has 8 nitrogen and oxygen atoms in total. The van der Waals surface area contributed by atoms with E-state index in [4.69, 9.17) is 9.47 Å². The maximum absolute atomic E-state index is 12.4. The van der Waals surface area contributed by atoms with Crippen LogP contribution in [-0.2, 0) is 16.1 Å². The maximum Gasteiger partial charge on any atom is 0.337 e. The normalized spacial score (nSPS) is 20.5. The summed E-state index contributed by atoms with van der Waals surface area (Å²) in [7, 11) is 1.70. The summed E-state index contributed by atoms with van der Waals surface area (Å²) in [5, 5.41) is 5.55. The van der Waals surface area contributed by atoms with Gasteiger partial charge >= 0.3 is 12.0 Å². The van der Waals surface area contributed by atoms with Crippen LogP contribution in [-0.4, -0.2) is 74.3 Å². The van der Waals surface area contributed by atoms with E-state index in [9.17, 15) is 9.59 Å². The summed E-state index contributed by atoms with van der Waals surface area (Å²) in [6.07, 6.45) is 0. The summed E-state index contributed by atoms with van der Waals surface area (Å²) in [6.45, 7) is 10.8. The molecule has 1 atom stereocenters. The molecule has 1 saturated heterocycles. The van der Waals surface area contributed by atoms with Crippen LogP contribution in [0.2, 0.25) is 0 Å². The van der Waals surface area contributed by atoms with Gasteiger partial charge in [-0.05, 0) is 26.8 Å². The molecule has 164 valence electrons. The standard InChI is InChI=1S/C22H32N4O4/c1-5-30-21(27)20-16(3)23-22(28)24-18(20)14-26-10-8-25(9-11-26)13-17-12-15(2)6-7-19(17)29-4/h6-7,12,16H,5,8-11,13-14H2,1-4H3,(H2,23,24,28).